The minimum atomic E-state index is 0.243. The smallest absolute Gasteiger partial charge is 0.146 e. The van der Waals surface area contributed by atoms with E-state index in [1.807, 2.05) is 51.1 Å². The summed E-state index contributed by atoms with van der Waals surface area (Å²) in [5, 5.41) is 14.2. The number of anilines is 1. The summed E-state index contributed by atoms with van der Waals surface area (Å²) in [6.07, 6.45) is 3.89. The number of pyridine rings is 1. The largest absolute Gasteiger partial charge is 0.508 e. The maximum absolute atomic E-state index is 9.67. The maximum atomic E-state index is 9.67. The number of aromatic hydroxyl groups is 1. The molecule has 156 valence electrons. The molecule has 30 heavy (non-hydrogen) atoms. The predicted octanol–water partition coefficient (Wildman–Crippen LogP) is 6.77. The highest BCUT2D eigenvalue weighted by molar-refractivity contribution is 6.27. The zero-order chi connectivity index (χ0) is 22.1. The van der Waals surface area contributed by atoms with Crippen molar-refractivity contribution in [3.05, 3.63) is 88.6 Å². The number of benzene rings is 2. The standard InChI is InChI=1S/C24H25N3O.C2H6/c1-16-13-17(2)22(18(3)14-16)15-23(20-8-10-21(28)11-9-20)19(4)26-27-24-7-5-6-12-25-24;1-2/h5-15,28H,1-4H3,(H,25,27);1-2H3/b23-15+,26-19+;. The van der Waals surface area contributed by atoms with Gasteiger partial charge in [-0.3, -0.25) is 5.43 Å². The summed E-state index contributed by atoms with van der Waals surface area (Å²) in [4.78, 5) is 4.25. The molecule has 0 aliphatic heterocycles. The molecule has 0 saturated carbocycles. The van der Waals surface area contributed by atoms with E-state index < -0.39 is 0 Å². The van der Waals surface area contributed by atoms with Gasteiger partial charge in [-0.05, 0) is 80.3 Å². The summed E-state index contributed by atoms with van der Waals surface area (Å²) >= 11 is 0. The molecule has 0 bridgehead atoms. The summed E-state index contributed by atoms with van der Waals surface area (Å²) in [7, 11) is 0. The summed E-state index contributed by atoms with van der Waals surface area (Å²) < 4.78 is 0. The van der Waals surface area contributed by atoms with Crippen LogP contribution in [0.2, 0.25) is 0 Å². The number of aromatic nitrogens is 1. The van der Waals surface area contributed by atoms with Gasteiger partial charge in [-0.15, -0.1) is 0 Å². The van der Waals surface area contributed by atoms with Crippen molar-refractivity contribution in [1.82, 2.24) is 4.98 Å². The lowest BCUT2D eigenvalue weighted by molar-refractivity contribution is 0.475. The van der Waals surface area contributed by atoms with Gasteiger partial charge in [0.15, 0.2) is 0 Å². The number of nitrogens with zero attached hydrogens (tertiary/aromatic N) is 2. The van der Waals surface area contributed by atoms with Gasteiger partial charge in [-0.25, -0.2) is 4.98 Å². The van der Waals surface area contributed by atoms with E-state index in [9.17, 15) is 5.11 Å². The number of aryl methyl sites for hydroxylation is 3. The Morgan fingerprint density at radius 2 is 1.60 bits per heavy atom. The Kier molecular flexibility index (Phi) is 8.36. The monoisotopic (exact) mass is 401 g/mol. The highest BCUT2D eigenvalue weighted by atomic mass is 16.3. The Bertz CT molecular complexity index is 997. The third-order valence-corrected chi connectivity index (χ3v) is 4.60. The predicted molar refractivity (Wildman–Crippen MR) is 129 cm³/mol. The van der Waals surface area contributed by atoms with Crippen LogP contribution in [0.4, 0.5) is 5.82 Å². The molecule has 0 aliphatic carbocycles. The first-order valence-corrected chi connectivity index (χ1v) is 10.2. The van der Waals surface area contributed by atoms with Crippen LogP contribution in [0, 0.1) is 20.8 Å². The number of nitrogens with one attached hydrogen (secondary N) is 1. The van der Waals surface area contributed by atoms with E-state index in [-0.39, 0.29) is 5.75 Å². The van der Waals surface area contributed by atoms with Crippen molar-refractivity contribution in [2.45, 2.75) is 41.5 Å². The Morgan fingerprint density at radius 3 is 2.17 bits per heavy atom. The average Bonchev–Trinajstić information content (AvgIpc) is 2.74. The van der Waals surface area contributed by atoms with Crippen LogP contribution in [0.3, 0.4) is 0 Å². The summed E-state index contributed by atoms with van der Waals surface area (Å²) in [6.45, 7) is 12.3. The summed E-state index contributed by atoms with van der Waals surface area (Å²) in [5.41, 5.74) is 10.7. The zero-order valence-corrected chi connectivity index (χ0v) is 18.7. The van der Waals surface area contributed by atoms with Crippen molar-refractivity contribution in [2.75, 3.05) is 5.43 Å². The van der Waals surface area contributed by atoms with Crippen molar-refractivity contribution in [1.29, 1.82) is 0 Å². The van der Waals surface area contributed by atoms with Crippen LogP contribution in [0.15, 0.2) is 65.9 Å². The second-order valence-electron chi connectivity index (χ2n) is 6.94. The van der Waals surface area contributed by atoms with Crippen LogP contribution in [-0.4, -0.2) is 15.8 Å². The average molecular weight is 402 g/mol. The second kappa shape index (κ2) is 11.0. The van der Waals surface area contributed by atoms with Gasteiger partial charge >= 0.3 is 0 Å². The molecular formula is C26H31N3O. The van der Waals surface area contributed by atoms with Crippen LogP contribution in [-0.2, 0) is 0 Å². The molecule has 4 heteroatoms. The van der Waals surface area contributed by atoms with Crippen molar-refractivity contribution in [3.63, 3.8) is 0 Å². The van der Waals surface area contributed by atoms with Gasteiger partial charge in [-0.1, -0.05) is 49.7 Å². The highest BCUT2D eigenvalue weighted by Gasteiger charge is 2.10. The van der Waals surface area contributed by atoms with E-state index in [4.69, 9.17) is 0 Å². The van der Waals surface area contributed by atoms with E-state index in [1.165, 1.54) is 22.3 Å². The molecular weight excluding hydrogens is 370 g/mol. The highest BCUT2D eigenvalue weighted by Crippen LogP contribution is 2.26. The van der Waals surface area contributed by atoms with E-state index in [1.54, 1.807) is 18.3 Å². The number of phenolic OH excluding ortho intramolecular Hbond substituents is 1. The number of allylic oxidation sites excluding steroid dienone is 1. The van der Waals surface area contributed by atoms with Gasteiger partial charge in [0.25, 0.3) is 0 Å². The van der Waals surface area contributed by atoms with Crippen molar-refractivity contribution >= 4 is 23.2 Å². The molecule has 3 aromatic rings. The lowest BCUT2D eigenvalue weighted by Gasteiger charge is -2.13. The Labute approximate surface area is 180 Å². The molecule has 0 atom stereocenters. The lowest BCUT2D eigenvalue weighted by Crippen LogP contribution is -2.03. The molecule has 0 fully saturated rings. The maximum Gasteiger partial charge on any atom is 0.146 e. The van der Waals surface area contributed by atoms with Crippen LogP contribution in [0.5, 0.6) is 5.75 Å². The van der Waals surface area contributed by atoms with Crippen LogP contribution in [0.1, 0.15) is 48.6 Å². The molecule has 0 amide bonds. The molecule has 0 spiro atoms. The minimum Gasteiger partial charge on any atom is -0.508 e. The number of hydrogen-bond donors (Lipinski definition) is 2. The SMILES string of the molecule is CC.CC(=N\Nc1ccccn1)/C(=C\c1c(C)cc(C)cc1C)c1ccc(O)cc1. The zero-order valence-electron chi connectivity index (χ0n) is 18.7. The van der Waals surface area contributed by atoms with Crippen molar-refractivity contribution in [2.24, 2.45) is 5.10 Å². The van der Waals surface area contributed by atoms with Crippen molar-refractivity contribution < 1.29 is 5.11 Å². The Hall–Kier alpha value is -3.40. The molecule has 1 heterocycles. The molecule has 2 aromatic carbocycles. The molecule has 3 rings (SSSR count). The van der Waals surface area contributed by atoms with Gasteiger partial charge in [0.05, 0.1) is 5.71 Å². The van der Waals surface area contributed by atoms with Crippen LogP contribution in [0.25, 0.3) is 11.6 Å². The quantitative estimate of drug-likeness (QED) is 0.282. The number of hydrogen-bond acceptors (Lipinski definition) is 4. The first kappa shape index (κ1) is 22.9. The third kappa shape index (κ3) is 6.05. The normalized spacial score (nSPS) is 11.5. The molecule has 0 unspecified atom stereocenters. The number of rotatable bonds is 5. The lowest BCUT2D eigenvalue weighted by atomic mass is 9.94. The van der Waals surface area contributed by atoms with Gasteiger partial charge in [-0.2, -0.15) is 5.10 Å². The van der Waals surface area contributed by atoms with Crippen LogP contribution < -0.4 is 5.43 Å². The first-order valence-electron chi connectivity index (χ1n) is 10.2. The molecule has 0 radical (unpaired) electrons. The van der Waals surface area contributed by atoms with Crippen molar-refractivity contribution in [3.8, 4) is 5.75 Å². The minimum absolute atomic E-state index is 0.243. The van der Waals surface area contributed by atoms with E-state index in [2.05, 4.69) is 54.5 Å². The van der Waals surface area contributed by atoms with Gasteiger partial charge in [0.1, 0.15) is 11.6 Å². The Morgan fingerprint density at radius 1 is 0.967 bits per heavy atom. The molecule has 1 aromatic heterocycles. The van der Waals surface area contributed by atoms with Crippen LogP contribution >= 0.6 is 0 Å². The van der Waals surface area contributed by atoms with E-state index >= 15 is 0 Å². The Balaban J connectivity index is 0.00000155. The fraction of sp³-hybridized carbons (Fsp3) is 0.231. The van der Waals surface area contributed by atoms with Gasteiger partial charge < -0.3 is 5.11 Å². The third-order valence-electron chi connectivity index (χ3n) is 4.60. The summed E-state index contributed by atoms with van der Waals surface area (Å²) in [6, 6.07) is 17.2. The van der Waals surface area contributed by atoms with E-state index in [0.29, 0.717) is 5.82 Å². The molecule has 2 N–H and O–H groups in total. The second-order valence-corrected chi connectivity index (χ2v) is 6.94. The molecule has 0 saturated heterocycles. The fourth-order valence-corrected chi connectivity index (χ4v) is 3.23. The van der Waals surface area contributed by atoms with Gasteiger partial charge in [0, 0.05) is 11.8 Å². The first-order chi connectivity index (χ1) is 14.4. The number of phenols is 1. The topological polar surface area (TPSA) is 57.5 Å². The van der Waals surface area contributed by atoms with E-state index in [0.717, 1.165) is 16.8 Å². The summed E-state index contributed by atoms with van der Waals surface area (Å²) in [5.74, 6) is 0.932. The molecule has 0 aliphatic rings. The fourth-order valence-electron chi connectivity index (χ4n) is 3.23. The number of hydrazone groups is 1. The molecule has 4 nitrogen and oxygen atoms in total. The van der Waals surface area contributed by atoms with Gasteiger partial charge in [0.2, 0.25) is 0 Å².